The maximum Gasteiger partial charge on any atom is 0.141 e. The van der Waals surface area contributed by atoms with Gasteiger partial charge in [-0.05, 0) is 46.7 Å². The summed E-state index contributed by atoms with van der Waals surface area (Å²) in [6.07, 6.45) is 2.92. The van der Waals surface area contributed by atoms with Gasteiger partial charge in [0.15, 0.2) is 0 Å². The van der Waals surface area contributed by atoms with Gasteiger partial charge in [0.1, 0.15) is 5.82 Å². The van der Waals surface area contributed by atoms with Gasteiger partial charge in [-0.3, -0.25) is 4.98 Å². The van der Waals surface area contributed by atoms with Crippen LogP contribution >= 0.6 is 27.7 Å². The molecule has 0 fully saturated rings. The number of pyridine rings is 1. The molecule has 0 aliphatic rings. The highest BCUT2D eigenvalue weighted by Crippen LogP contribution is 2.30. The molecule has 0 saturated heterocycles. The summed E-state index contributed by atoms with van der Waals surface area (Å²) < 4.78 is 14.3. The van der Waals surface area contributed by atoms with Crippen molar-refractivity contribution in [2.45, 2.75) is 10.9 Å². The fourth-order valence-electron chi connectivity index (χ4n) is 1.70. The fourth-order valence-corrected chi connectivity index (χ4v) is 3.41. The summed E-state index contributed by atoms with van der Waals surface area (Å²) in [5.41, 5.74) is 0.863. The summed E-state index contributed by atoms with van der Waals surface area (Å²) in [6, 6.07) is 9.66. The number of hydrogen-bond acceptors (Lipinski definition) is 3. The third kappa shape index (κ3) is 4.03. The molecular formula is C14H14BrFN2S. The molecule has 1 N–H and O–H groups in total. The van der Waals surface area contributed by atoms with E-state index in [0.717, 1.165) is 15.8 Å². The van der Waals surface area contributed by atoms with E-state index in [9.17, 15) is 4.39 Å². The average molecular weight is 341 g/mol. The Hall–Kier alpha value is -0.910. The third-order valence-electron chi connectivity index (χ3n) is 2.72. The average Bonchev–Trinajstić information content (AvgIpc) is 2.41. The van der Waals surface area contributed by atoms with E-state index in [0.29, 0.717) is 0 Å². The smallest absolute Gasteiger partial charge is 0.141 e. The van der Waals surface area contributed by atoms with Crippen LogP contribution in [0.2, 0.25) is 0 Å². The molecule has 5 heteroatoms. The standard InChI is InChI=1S/C14H14BrFN2S/c1-17-13(10-6-11(16)8-18-7-10)9-19-14-5-3-2-4-12(14)15/h2-8,13,17H,9H2,1H3. The quantitative estimate of drug-likeness (QED) is 0.831. The molecule has 1 heterocycles. The van der Waals surface area contributed by atoms with Crippen molar-refractivity contribution in [3.05, 3.63) is 58.6 Å². The molecule has 0 bridgehead atoms. The summed E-state index contributed by atoms with van der Waals surface area (Å²) in [6.45, 7) is 0. The molecule has 0 aliphatic carbocycles. The number of aromatic nitrogens is 1. The van der Waals surface area contributed by atoms with Crippen molar-refractivity contribution in [2.75, 3.05) is 12.8 Å². The van der Waals surface area contributed by atoms with Gasteiger partial charge in [-0.1, -0.05) is 12.1 Å². The Morgan fingerprint density at radius 3 is 2.84 bits per heavy atom. The minimum absolute atomic E-state index is 0.0697. The summed E-state index contributed by atoms with van der Waals surface area (Å²) in [7, 11) is 1.87. The summed E-state index contributed by atoms with van der Waals surface area (Å²) >= 11 is 5.24. The van der Waals surface area contributed by atoms with Crippen LogP contribution in [0.15, 0.2) is 52.1 Å². The second kappa shape index (κ2) is 7.03. The van der Waals surface area contributed by atoms with Gasteiger partial charge in [-0.2, -0.15) is 0 Å². The lowest BCUT2D eigenvalue weighted by atomic mass is 10.1. The van der Waals surface area contributed by atoms with E-state index in [-0.39, 0.29) is 11.9 Å². The van der Waals surface area contributed by atoms with Crippen molar-refractivity contribution in [1.82, 2.24) is 10.3 Å². The molecule has 0 radical (unpaired) electrons. The topological polar surface area (TPSA) is 24.9 Å². The molecule has 2 nitrogen and oxygen atoms in total. The molecule has 1 aromatic carbocycles. The van der Waals surface area contributed by atoms with E-state index in [2.05, 4.69) is 32.3 Å². The number of benzene rings is 1. The van der Waals surface area contributed by atoms with Crippen molar-refractivity contribution < 1.29 is 4.39 Å². The van der Waals surface area contributed by atoms with Crippen molar-refractivity contribution in [1.29, 1.82) is 0 Å². The Labute approximate surface area is 125 Å². The van der Waals surface area contributed by atoms with Crippen LogP contribution in [0.1, 0.15) is 11.6 Å². The number of nitrogens with zero attached hydrogens (tertiary/aromatic N) is 1. The second-order valence-electron chi connectivity index (χ2n) is 4.02. The first kappa shape index (κ1) is 14.5. The van der Waals surface area contributed by atoms with E-state index >= 15 is 0 Å². The van der Waals surface area contributed by atoms with Gasteiger partial charge in [0, 0.05) is 27.4 Å². The highest BCUT2D eigenvalue weighted by molar-refractivity contribution is 9.10. The SMILES string of the molecule is CNC(CSc1ccccc1Br)c1cncc(F)c1. The fraction of sp³-hybridized carbons (Fsp3) is 0.214. The summed E-state index contributed by atoms with van der Waals surface area (Å²) in [4.78, 5) is 5.07. The summed E-state index contributed by atoms with van der Waals surface area (Å²) in [5, 5.41) is 3.19. The van der Waals surface area contributed by atoms with Crippen molar-refractivity contribution in [3.8, 4) is 0 Å². The third-order valence-corrected chi connectivity index (χ3v) is 4.84. The molecular weight excluding hydrogens is 327 g/mol. The van der Waals surface area contributed by atoms with E-state index in [1.807, 2.05) is 25.2 Å². The van der Waals surface area contributed by atoms with E-state index < -0.39 is 0 Å². The van der Waals surface area contributed by atoms with Gasteiger partial charge in [0.2, 0.25) is 0 Å². The zero-order chi connectivity index (χ0) is 13.7. The van der Waals surface area contributed by atoms with Crippen molar-refractivity contribution in [3.63, 3.8) is 0 Å². The van der Waals surface area contributed by atoms with Crippen LogP contribution in [0.5, 0.6) is 0 Å². The second-order valence-corrected chi connectivity index (χ2v) is 5.94. The predicted octanol–water partition coefficient (Wildman–Crippen LogP) is 4.04. The first-order valence-corrected chi connectivity index (χ1v) is 7.63. The van der Waals surface area contributed by atoms with Crippen molar-refractivity contribution >= 4 is 27.7 Å². The lowest BCUT2D eigenvalue weighted by Crippen LogP contribution is -2.19. The van der Waals surface area contributed by atoms with Crippen LogP contribution in [-0.2, 0) is 0 Å². The van der Waals surface area contributed by atoms with Crippen LogP contribution in [0.3, 0.4) is 0 Å². The van der Waals surface area contributed by atoms with Crippen LogP contribution in [0.25, 0.3) is 0 Å². The van der Waals surface area contributed by atoms with Crippen molar-refractivity contribution in [2.24, 2.45) is 0 Å². The zero-order valence-electron chi connectivity index (χ0n) is 10.4. The first-order valence-electron chi connectivity index (χ1n) is 5.85. The van der Waals surface area contributed by atoms with E-state index in [1.54, 1.807) is 18.0 Å². The normalized spacial score (nSPS) is 12.4. The molecule has 1 unspecified atom stereocenters. The van der Waals surface area contributed by atoms with Crippen LogP contribution in [0.4, 0.5) is 4.39 Å². The Kier molecular flexibility index (Phi) is 5.36. The Morgan fingerprint density at radius 1 is 1.37 bits per heavy atom. The minimum Gasteiger partial charge on any atom is -0.312 e. The molecule has 0 aliphatic heterocycles. The highest BCUT2D eigenvalue weighted by atomic mass is 79.9. The van der Waals surface area contributed by atoms with E-state index in [4.69, 9.17) is 0 Å². The Morgan fingerprint density at radius 2 is 2.16 bits per heavy atom. The monoisotopic (exact) mass is 340 g/mol. The molecule has 0 saturated carbocycles. The first-order chi connectivity index (χ1) is 9.20. The molecule has 1 atom stereocenters. The summed E-state index contributed by atoms with van der Waals surface area (Å²) in [5.74, 6) is 0.508. The maximum atomic E-state index is 13.2. The Bertz CT molecular complexity index is 550. The number of nitrogens with one attached hydrogen (secondary N) is 1. The predicted molar refractivity (Wildman–Crippen MR) is 80.9 cm³/mol. The highest BCUT2D eigenvalue weighted by Gasteiger charge is 2.11. The van der Waals surface area contributed by atoms with Gasteiger partial charge in [0.25, 0.3) is 0 Å². The minimum atomic E-state index is -0.302. The van der Waals surface area contributed by atoms with Gasteiger partial charge >= 0.3 is 0 Å². The molecule has 2 aromatic rings. The van der Waals surface area contributed by atoms with Gasteiger partial charge in [-0.25, -0.2) is 4.39 Å². The lowest BCUT2D eigenvalue weighted by Gasteiger charge is -2.16. The van der Waals surface area contributed by atoms with E-state index in [1.165, 1.54) is 17.2 Å². The van der Waals surface area contributed by atoms with Gasteiger partial charge in [-0.15, -0.1) is 11.8 Å². The largest absolute Gasteiger partial charge is 0.312 e. The molecule has 0 spiro atoms. The maximum absolute atomic E-state index is 13.2. The number of thioether (sulfide) groups is 1. The van der Waals surface area contributed by atoms with Crippen LogP contribution < -0.4 is 5.32 Å². The zero-order valence-corrected chi connectivity index (χ0v) is 12.8. The molecule has 2 rings (SSSR count). The number of halogens is 2. The number of rotatable bonds is 5. The molecule has 19 heavy (non-hydrogen) atoms. The van der Waals surface area contributed by atoms with Crippen LogP contribution in [-0.4, -0.2) is 17.8 Å². The van der Waals surface area contributed by atoms with Crippen LogP contribution in [0, 0.1) is 5.82 Å². The Balaban J connectivity index is 2.06. The lowest BCUT2D eigenvalue weighted by molar-refractivity contribution is 0.603. The molecule has 100 valence electrons. The number of hydrogen-bond donors (Lipinski definition) is 1. The van der Waals surface area contributed by atoms with Gasteiger partial charge in [0.05, 0.1) is 6.20 Å². The molecule has 1 aromatic heterocycles. The van der Waals surface area contributed by atoms with Gasteiger partial charge < -0.3 is 5.32 Å². The molecule has 0 amide bonds.